The molecular formula is C20H26N4O2. The van der Waals surface area contributed by atoms with E-state index < -0.39 is 0 Å². The quantitative estimate of drug-likeness (QED) is 0.844. The SMILES string of the molecule is Cc1c(C(=O)N2CCCC2CN2CCOCC2)cnn1-c1ccccc1. The molecule has 1 amide bonds. The summed E-state index contributed by atoms with van der Waals surface area (Å²) >= 11 is 0. The zero-order chi connectivity index (χ0) is 17.9. The van der Waals surface area contributed by atoms with Crippen molar-refractivity contribution in [2.24, 2.45) is 0 Å². The maximum absolute atomic E-state index is 13.2. The maximum Gasteiger partial charge on any atom is 0.257 e. The van der Waals surface area contributed by atoms with Crippen molar-refractivity contribution in [3.63, 3.8) is 0 Å². The standard InChI is InChI=1S/C20H26N4O2/c1-16-19(14-21-24(16)17-6-3-2-4-7-17)20(25)23-9-5-8-18(23)15-22-10-12-26-13-11-22/h2-4,6-7,14,18H,5,8-13,15H2,1H3. The number of para-hydroxylation sites is 1. The van der Waals surface area contributed by atoms with E-state index in [1.54, 1.807) is 6.20 Å². The van der Waals surface area contributed by atoms with E-state index in [0.29, 0.717) is 11.6 Å². The van der Waals surface area contributed by atoms with Crippen LogP contribution in [0.4, 0.5) is 0 Å². The van der Waals surface area contributed by atoms with Crippen LogP contribution in [-0.4, -0.2) is 70.9 Å². The van der Waals surface area contributed by atoms with Gasteiger partial charge in [-0.05, 0) is 31.9 Å². The lowest BCUT2D eigenvalue weighted by Crippen LogP contribution is -2.46. The van der Waals surface area contributed by atoms with Crippen molar-refractivity contribution >= 4 is 5.91 Å². The normalized spacial score (nSPS) is 21.3. The molecule has 2 aromatic rings. The summed E-state index contributed by atoms with van der Waals surface area (Å²) in [5.41, 5.74) is 2.59. The molecule has 2 saturated heterocycles. The van der Waals surface area contributed by atoms with Crippen molar-refractivity contribution in [1.29, 1.82) is 0 Å². The van der Waals surface area contributed by atoms with E-state index in [-0.39, 0.29) is 5.91 Å². The number of rotatable bonds is 4. The van der Waals surface area contributed by atoms with Gasteiger partial charge in [-0.3, -0.25) is 9.69 Å². The molecule has 0 saturated carbocycles. The minimum absolute atomic E-state index is 0.112. The van der Waals surface area contributed by atoms with Crippen LogP contribution >= 0.6 is 0 Å². The van der Waals surface area contributed by atoms with Gasteiger partial charge < -0.3 is 9.64 Å². The summed E-state index contributed by atoms with van der Waals surface area (Å²) < 4.78 is 7.28. The van der Waals surface area contributed by atoms with Gasteiger partial charge in [0.1, 0.15) is 0 Å². The van der Waals surface area contributed by atoms with Crippen LogP contribution in [0.2, 0.25) is 0 Å². The van der Waals surface area contributed by atoms with Crippen LogP contribution in [0.1, 0.15) is 28.9 Å². The first kappa shape index (κ1) is 17.2. The molecule has 2 aliphatic heterocycles. The Bertz CT molecular complexity index is 752. The number of aromatic nitrogens is 2. The van der Waals surface area contributed by atoms with Crippen LogP contribution < -0.4 is 0 Å². The van der Waals surface area contributed by atoms with Gasteiger partial charge in [0.05, 0.1) is 36.4 Å². The highest BCUT2D eigenvalue weighted by Crippen LogP contribution is 2.23. The molecule has 0 radical (unpaired) electrons. The first-order valence-electron chi connectivity index (χ1n) is 9.45. The third-order valence-electron chi connectivity index (χ3n) is 5.45. The predicted octanol–water partition coefficient (Wildman–Crippen LogP) is 2.12. The Kier molecular flexibility index (Phi) is 5.04. The van der Waals surface area contributed by atoms with Gasteiger partial charge in [0, 0.05) is 32.2 Å². The van der Waals surface area contributed by atoms with Gasteiger partial charge >= 0.3 is 0 Å². The monoisotopic (exact) mass is 354 g/mol. The Morgan fingerprint density at radius 2 is 1.96 bits per heavy atom. The number of nitrogens with zero attached hydrogens (tertiary/aromatic N) is 4. The number of hydrogen-bond donors (Lipinski definition) is 0. The third kappa shape index (κ3) is 3.39. The molecule has 6 nitrogen and oxygen atoms in total. The van der Waals surface area contributed by atoms with Crippen molar-refractivity contribution < 1.29 is 9.53 Å². The van der Waals surface area contributed by atoms with Gasteiger partial charge in [-0.2, -0.15) is 5.10 Å². The Balaban J connectivity index is 1.50. The van der Waals surface area contributed by atoms with Crippen molar-refractivity contribution in [3.8, 4) is 5.69 Å². The van der Waals surface area contributed by atoms with Crippen molar-refractivity contribution in [2.45, 2.75) is 25.8 Å². The van der Waals surface area contributed by atoms with E-state index >= 15 is 0 Å². The van der Waals surface area contributed by atoms with Gasteiger partial charge in [-0.25, -0.2) is 4.68 Å². The number of carbonyl (C=O) groups excluding carboxylic acids is 1. The molecule has 138 valence electrons. The second kappa shape index (κ2) is 7.60. The van der Waals surface area contributed by atoms with Crippen LogP contribution in [0.25, 0.3) is 5.69 Å². The Morgan fingerprint density at radius 3 is 2.73 bits per heavy atom. The molecule has 1 atom stereocenters. The molecule has 0 bridgehead atoms. The highest BCUT2D eigenvalue weighted by Gasteiger charge is 2.32. The summed E-state index contributed by atoms with van der Waals surface area (Å²) in [6.45, 7) is 7.27. The van der Waals surface area contributed by atoms with Crippen molar-refractivity contribution in [1.82, 2.24) is 19.6 Å². The molecule has 2 fully saturated rings. The highest BCUT2D eigenvalue weighted by atomic mass is 16.5. The highest BCUT2D eigenvalue weighted by molar-refractivity contribution is 5.95. The second-order valence-corrected chi connectivity index (χ2v) is 7.10. The lowest BCUT2D eigenvalue weighted by Gasteiger charge is -2.32. The lowest BCUT2D eigenvalue weighted by atomic mass is 10.1. The first-order chi connectivity index (χ1) is 12.7. The Morgan fingerprint density at radius 1 is 1.19 bits per heavy atom. The van der Waals surface area contributed by atoms with E-state index in [1.165, 1.54) is 0 Å². The van der Waals surface area contributed by atoms with E-state index in [2.05, 4.69) is 14.9 Å². The van der Waals surface area contributed by atoms with E-state index in [0.717, 1.165) is 63.6 Å². The molecular weight excluding hydrogens is 328 g/mol. The van der Waals surface area contributed by atoms with E-state index in [4.69, 9.17) is 4.74 Å². The maximum atomic E-state index is 13.2. The molecule has 1 aromatic heterocycles. The predicted molar refractivity (Wildman–Crippen MR) is 99.6 cm³/mol. The average molecular weight is 354 g/mol. The zero-order valence-corrected chi connectivity index (χ0v) is 15.3. The van der Waals surface area contributed by atoms with Crippen LogP contribution in [0.15, 0.2) is 36.5 Å². The number of ether oxygens (including phenoxy) is 1. The average Bonchev–Trinajstić information content (AvgIpc) is 3.29. The lowest BCUT2D eigenvalue weighted by molar-refractivity contribution is 0.0261. The molecule has 0 aliphatic carbocycles. The minimum atomic E-state index is 0.112. The van der Waals surface area contributed by atoms with Crippen LogP contribution in [0, 0.1) is 6.92 Å². The summed E-state index contributed by atoms with van der Waals surface area (Å²) in [6, 6.07) is 10.2. The molecule has 0 spiro atoms. The number of hydrogen-bond acceptors (Lipinski definition) is 4. The van der Waals surface area contributed by atoms with Crippen LogP contribution in [-0.2, 0) is 4.74 Å². The molecule has 4 rings (SSSR count). The summed E-state index contributed by atoms with van der Waals surface area (Å²) in [6.07, 6.45) is 3.87. The van der Waals surface area contributed by atoms with Crippen LogP contribution in [0.5, 0.6) is 0 Å². The fourth-order valence-electron chi connectivity index (χ4n) is 3.98. The molecule has 26 heavy (non-hydrogen) atoms. The molecule has 1 unspecified atom stereocenters. The largest absolute Gasteiger partial charge is 0.379 e. The number of carbonyl (C=O) groups is 1. The van der Waals surface area contributed by atoms with Gasteiger partial charge in [0.25, 0.3) is 5.91 Å². The topological polar surface area (TPSA) is 50.6 Å². The number of benzene rings is 1. The second-order valence-electron chi connectivity index (χ2n) is 7.10. The number of amides is 1. The third-order valence-corrected chi connectivity index (χ3v) is 5.45. The number of likely N-dealkylation sites (tertiary alicyclic amines) is 1. The summed E-state index contributed by atoms with van der Waals surface area (Å²) in [7, 11) is 0. The smallest absolute Gasteiger partial charge is 0.257 e. The van der Waals surface area contributed by atoms with Crippen LogP contribution in [0.3, 0.4) is 0 Å². The summed E-state index contributed by atoms with van der Waals surface area (Å²) in [5, 5.41) is 4.46. The van der Waals surface area contributed by atoms with Crippen molar-refractivity contribution in [2.75, 3.05) is 39.4 Å². The van der Waals surface area contributed by atoms with E-state index in [1.807, 2.05) is 41.9 Å². The molecule has 2 aliphatic rings. The molecule has 0 N–H and O–H groups in total. The van der Waals surface area contributed by atoms with Crippen molar-refractivity contribution in [3.05, 3.63) is 47.8 Å². The van der Waals surface area contributed by atoms with Gasteiger partial charge in [-0.15, -0.1) is 0 Å². The fourth-order valence-corrected chi connectivity index (χ4v) is 3.98. The molecule has 6 heteroatoms. The van der Waals surface area contributed by atoms with Gasteiger partial charge in [-0.1, -0.05) is 18.2 Å². The number of morpholine rings is 1. The first-order valence-corrected chi connectivity index (χ1v) is 9.45. The summed E-state index contributed by atoms with van der Waals surface area (Å²) in [4.78, 5) is 17.7. The Labute approximate surface area is 154 Å². The van der Waals surface area contributed by atoms with E-state index in [9.17, 15) is 4.79 Å². The Hall–Kier alpha value is -2.18. The molecule has 1 aromatic carbocycles. The minimum Gasteiger partial charge on any atom is -0.379 e. The zero-order valence-electron chi connectivity index (χ0n) is 15.3. The fraction of sp³-hybridized carbons (Fsp3) is 0.500. The van der Waals surface area contributed by atoms with Gasteiger partial charge in [0.2, 0.25) is 0 Å². The van der Waals surface area contributed by atoms with Gasteiger partial charge in [0.15, 0.2) is 0 Å². The summed E-state index contributed by atoms with van der Waals surface area (Å²) in [5.74, 6) is 0.112. The molecule has 3 heterocycles.